The molecule has 1 aliphatic carbocycles. The first-order valence-electron chi connectivity index (χ1n) is 4.92. The summed E-state index contributed by atoms with van der Waals surface area (Å²) in [6, 6.07) is 0. The average Bonchev–Trinajstić information content (AvgIpc) is 2.53. The van der Waals surface area contributed by atoms with E-state index in [1.807, 2.05) is 19.4 Å². The number of aryl methyl sites for hydroxylation is 1. The Balaban J connectivity index is 2.06. The fourth-order valence-electron chi connectivity index (χ4n) is 2.10. The number of aliphatic hydroxyl groups excluding tert-OH is 1. The van der Waals surface area contributed by atoms with Gasteiger partial charge < -0.3 is 9.67 Å². The highest BCUT2D eigenvalue weighted by atomic mass is 16.3. The Bertz CT molecular complexity index is 274. The van der Waals surface area contributed by atoms with E-state index in [1.54, 1.807) is 0 Å². The van der Waals surface area contributed by atoms with Crippen LogP contribution in [0.3, 0.4) is 0 Å². The number of rotatable bonds is 1. The third kappa shape index (κ3) is 1.75. The molecule has 0 spiro atoms. The molecule has 0 amide bonds. The van der Waals surface area contributed by atoms with Crippen LogP contribution >= 0.6 is 0 Å². The first-order valence-corrected chi connectivity index (χ1v) is 4.92. The molecule has 1 N–H and O–H groups in total. The second kappa shape index (κ2) is 3.50. The predicted molar refractivity (Wildman–Crippen MR) is 50.4 cm³/mol. The maximum Gasteiger partial charge on any atom is 0.111 e. The first-order chi connectivity index (χ1) is 6.27. The molecule has 72 valence electrons. The van der Waals surface area contributed by atoms with E-state index in [9.17, 15) is 5.11 Å². The van der Waals surface area contributed by atoms with Gasteiger partial charge in [0, 0.05) is 25.4 Å². The van der Waals surface area contributed by atoms with Gasteiger partial charge in [0.25, 0.3) is 0 Å². The van der Waals surface area contributed by atoms with E-state index in [0.29, 0.717) is 5.92 Å². The van der Waals surface area contributed by atoms with Gasteiger partial charge in [-0.3, -0.25) is 0 Å². The van der Waals surface area contributed by atoms with Gasteiger partial charge in [-0.15, -0.1) is 0 Å². The minimum atomic E-state index is -0.0727. The molecule has 13 heavy (non-hydrogen) atoms. The fourth-order valence-corrected chi connectivity index (χ4v) is 2.10. The molecule has 1 saturated carbocycles. The molecule has 3 heteroatoms. The maximum absolute atomic E-state index is 9.37. The van der Waals surface area contributed by atoms with Crippen LogP contribution in [0.25, 0.3) is 0 Å². The summed E-state index contributed by atoms with van der Waals surface area (Å²) >= 11 is 0. The van der Waals surface area contributed by atoms with Crippen molar-refractivity contribution in [3.05, 3.63) is 18.2 Å². The second-order valence-electron chi connectivity index (χ2n) is 3.90. The van der Waals surface area contributed by atoms with E-state index in [0.717, 1.165) is 25.7 Å². The highest BCUT2D eigenvalue weighted by molar-refractivity contribution is 5.01. The van der Waals surface area contributed by atoms with Crippen molar-refractivity contribution in [1.82, 2.24) is 9.55 Å². The summed E-state index contributed by atoms with van der Waals surface area (Å²) in [5.41, 5.74) is 0. The Morgan fingerprint density at radius 2 is 2.08 bits per heavy atom. The fraction of sp³-hybridized carbons (Fsp3) is 0.700. The zero-order valence-electron chi connectivity index (χ0n) is 7.98. The Morgan fingerprint density at radius 1 is 1.38 bits per heavy atom. The smallest absolute Gasteiger partial charge is 0.111 e. The number of aliphatic hydroxyl groups is 1. The van der Waals surface area contributed by atoms with E-state index in [4.69, 9.17) is 0 Å². The summed E-state index contributed by atoms with van der Waals surface area (Å²) < 4.78 is 2.09. The van der Waals surface area contributed by atoms with Crippen molar-refractivity contribution in [2.24, 2.45) is 7.05 Å². The van der Waals surface area contributed by atoms with Gasteiger partial charge in [0.15, 0.2) is 0 Å². The van der Waals surface area contributed by atoms with Gasteiger partial charge >= 0.3 is 0 Å². The topological polar surface area (TPSA) is 38.0 Å². The van der Waals surface area contributed by atoms with Gasteiger partial charge in [0.05, 0.1) is 6.10 Å². The SMILES string of the molecule is Cn1ccnc1[C@H]1CC[C@H](O)CC1. The highest BCUT2D eigenvalue weighted by Crippen LogP contribution is 2.31. The third-order valence-electron chi connectivity index (χ3n) is 2.92. The van der Waals surface area contributed by atoms with Gasteiger partial charge in [0.2, 0.25) is 0 Å². The average molecular weight is 180 g/mol. The van der Waals surface area contributed by atoms with Crippen LogP contribution in [-0.4, -0.2) is 20.8 Å². The molecule has 0 aromatic carbocycles. The minimum Gasteiger partial charge on any atom is -0.393 e. The highest BCUT2D eigenvalue weighted by Gasteiger charge is 2.22. The summed E-state index contributed by atoms with van der Waals surface area (Å²) in [6.07, 6.45) is 7.77. The van der Waals surface area contributed by atoms with Crippen LogP contribution in [0.4, 0.5) is 0 Å². The Kier molecular flexibility index (Phi) is 2.36. The normalized spacial score (nSPS) is 29.1. The number of aromatic nitrogens is 2. The zero-order chi connectivity index (χ0) is 9.26. The van der Waals surface area contributed by atoms with Crippen LogP contribution in [-0.2, 0) is 7.05 Å². The largest absolute Gasteiger partial charge is 0.393 e. The van der Waals surface area contributed by atoms with E-state index in [1.165, 1.54) is 5.82 Å². The Hall–Kier alpha value is -0.830. The van der Waals surface area contributed by atoms with Crippen molar-refractivity contribution in [1.29, 1.82) is 0 Å². The lowest BCUT2D eigenvalue weighted by Crippen LogP contribution is -2.19. The van der Waals surface area contributed by atoms with E-state index in [2.05, 4.69) is 9.55 Å². The zero-order valence-corrected chi connectivity index (χ0v) is 7.98. The summed E-state index contributed by atoms with van der Waals surface area (Å²) in [7, 11) is 2.04. The van der Waals surface area contributed by atoms with Crippen LogP contribution in [0.5, 0.6) is 0 Å². The molecule has 1 fully saturated rings. The van der Waals surface area contributed by atoms with Crippen molar-refractivity contribution in [2.75, 3.05) is 0 Å². The van der Waals surface area contributed by atoms with Crippen LogP contribution in [0.1, 0.15) is 37.4 Å². The van der Waals surface area contributed by atoms with Gasteiger partial charge in [-0.1, -0.05) is 0 Å². The molecular weight excluding hydrogens is 164 g/mol. The summed E-state index contributed by atoms with van der Waals surface area (Å²) in [5, 5.41) is 9.37. The third-order valence-corrected chi connectivity index (χ3v) is 2.92. The molecule has 1 aromatic rings. The Morgan fingerprint density at radius 3 is 2.62 bits per heavy atom. The minimum absolute atomic E-state index is 0.0727. The molecule has 1 aliphatic rings. The van der Waals surface area contributed by atoms with Gasteiger partial charge in [0.1, 0.15) is 5.82 Å². The van der Waals surface area contributed by atoms with Crippen LogP contribution in [0.15, 0.2) is 12.4 Å². The summed E-state index contributed by atoms with van der Waals surface area (Å²) in [5.74, 6) is 1.73. The van der Waals surface area contributed by atoms with Crippen molar-refractivity contribution < 1.29 is 5.11 Å². The molecule has 0 unspecified atom stereocenters. The number of nitrogens with zero attached hydrogens (tertiary/aromatic N) is 2. The van der Waals surface area contributed by atoms with Crippen LogP contribution in [0.2, 0.25) is 0 Å². The standard InChI is InChI=1S/C10H16N2O/c1-12-7-6-11-10(12)8-2-4-9(13)5-3-8/h6-9,13H,2-5H2,1H3/t8-,9-. The second-order valence-corrected chi connectivity index (χ2v) is 3.90. The number of hydrogen-bond donors (Lipinski definition) is 1. The van der Waals surface area contributed by atoms with Gasteiger partial charge in [-0.05, 0) is 25.7 Å². The predicted octanol–water partition coefficient (Wildman–Crippen LogP) is 1.44. The molecule has 1 heterocycles. The monoisotopic (exact) mass is 180 g/mol. The summed E-state index contributed by atoms with van der Waals surface area (Å²) in [6.45, 7) is 0. The van der Waals surface area contributed by atoms with E-state index < -0.39 is 0 Å². The maximum atomic E-state index is 9.37. The van der Waals surface area contributed by atoms with Crippen molar-refractivity contribution >= 4 is 0 Å². The molecule has 0 atom stereocenters. The lowest BCUT2D eigenvalue weighted by Gasteiger charge is -2.24. The molecule has 0 saturated heterocycles. The molecule has 0 aliphatic heterocycles. The number of hydrogen-bond acceptors (Lipinski definition) is 2. The van der Waals surface area contributed by atoms with Crippen molar-refractivity contribution in [3.8, 4) is 0 Å². The van der Waals surface area contributed by atoms with Crippen molar-refractivity contribution in [3.63, 3.8) is 0 Å². The molecule has 0 bridgehead atoms. The van der Waals surface area contributed by atoms with Crippen LogP contribution < -0.4 is 0 Å². The molecule has 0 radical (unpaired) electrons. The molecule has 3 nitrogen and oxygen atoms in total. The lowest BCUT2D eigenvalue weighted by atomic mass is 9.87. The lowest BCUT2D eigenvalue weighted by molar-refractivity contribution is 0.121. The van der Waals surface area contributed by atoms with Gasteiger partial charge in [-0.25, -0.2) is 4.98 Å². The van der Waals surface area contributed by atoms with Gasteiger partial charge in [-0.2, -0.15) is 0 Å². The molecular formula is C10H16N2O. The number of imidazole rings is 1. The summed E-state index contributed by atoms with van der Waals surface area (Å²) in [4.78, 5) is 4.35. The molecule has 1 aromatic heterocycles. The van der Waals surface area contributed by atoms with Crippen molar-refractivity contribution in [2.45, 2.75) is 37.7 Å². The molecule has 2 rings (SSSR count). The van der Waals surface area contributed by atoms with E-state index in [-0.39, 0.29) is 6.10 Å². The van der Waals surface area contributed by atoms with Crippen LogP contribution in [0, 0.1) is 0 Å². The quantitative estimate of drug-likeness (QED) is 0.710. The first kappa shape index (κ1) is 8.75. The Labute approximate surface area is 78.4 Å². The van der Waals surface area contributed by atoms with E-state index >= 15 is 0 Å².